The lowest BCUT2D eigenvalue weighted by Gasteiger charge is -1.90. The van der Waals surface area contributed by atoms with Crippen molar-refractivity contribution in [3.05, 3.63) is 0 Å². The molecular weight excluding hydrogens is 118 g/mol. The molecule has 0 N–H and O–H groups in total. The highest BCUT2D eigenvalue weighted by molar-refractivity contribution is 7.74. The van der Waals surface area contributed by atoms with Crippen molar-refractivity contribution in [2.24, 2.45) is 0 Å². The van der Waals surface area contributed by atoms with Gasteiger partial charge in [-0.15, -0.1) is 0 Å². The second-order valence-electron chi connectivity index (χ2n) is 1.46. The highest BCUT2D eigenvalue weighted by Crippen LogP contribution is 2.31. The summed E-state index contributed by atoms with van der Waals surface area (Å²) in [4.78, 5) is 0. The summed E-state index contributed by atoms with van der Waals surface area (Å²) >= 11 is 5.16. The Morgan fingerprint density at radius 2 is 1.83 bits per heavy atom. The topological polar surface area (TPSA) is 17.1 Å². The monoisotopic (exact) mass is 126 g/mol. The Labute approximate surface area is 43.3 Å². The van der Waals surface area contributed by atoms with Crippen molar-refractivity contribution in [3.63, 3.8) is 0 Å². The zero-order valence-corrected chi connectivity index (χ0v) is 5.62. The molecule has 6 heavy (non-hydrogen) atoms. The van der Waals surface area contributed by atoms with Gasteiger partial charge in [-0.05, 0) is 0 Å². The summed E-state index contributed by atoms with van der Waals surface area (Å²) < 4.78 is 10.1. The summed E-state index contributed by atoms with van der Waals surface area (Å²) in [7, 11) is -1.73. The van der Waals surface area contributed by atoms with E-state index in [1.165, 1.54) is 0 Å². The van der Waals surface area contributed by atoms with Crippen LogP contribution in [0.3, 0.4) is 0 Å². The molecule has 0 radical (unpaired) electrons. The van der Waals surface area contributed by atoms with Crippen molar-refractivity contribution in [2.45, 2.75) is 19.5 Å². The normalized spacial score (nSPS) is 15.3. The fraction of sp³-hybridized carbons (Fsp3) is 1.00. The van der Waals surface area contributed by atoms with Crippen molar-refractivity contribution in [1.29, 1.82) is 0 Å². The second-order valence-corrected chi connectivity index (χ2v) is 4.34. The molecule has 0 fully saturated rings. The fourth-order valence-corrected chi connectivity index (χ4v) is 0. The summed E-state index contributed by atoms with van der Waals surface area (Å²) in [5, 5.41) is 0. The number of hydrogen-bond donors (Lipinski definition) is 0. The predicted molar refractivity (Wildman–Crippen MR) is 30.0 cm³/mol. The zero-order chi connectivity index (χ0) is 5.15. The first-order valence-electron chi connectivity index (χ1n) is 1.84. The predicted octanol–water partition coefficient (Wildman–Crippen LogP) is 2.11. The van der Waals surface area contributed by atoms with Gasteiger partial charge in [-0.1, -0.05) is 25.1 Å². The van der Waals surface area contributed by atoms with Crippen LogP contribution in [0.25, 0.3) is 0 Å². The summed E-state index contributed by atoms with van der Waals surface area (Å²) in [5.41, 5.74) is 0.164. The van der Waals surface area contributed by atoms with Gasteiger partial charge in [0.2, 0.25) is 0 Å². The summed E-state index contributed by atoms with van der Waals surface area (Å²) in [6, 6.07) is 0. The molecule has 0 aliphatic heterocycles. The quantitative estimate of drug-likeness (QED) is 0.492. The lowest BCUT2D eigenvalue weighted by atomic mass is 10.6. The van der Waals surface area contributed by atoms with E-state index in [1.54, 1.807) is 0 Å². The Hall–Kier alpha value is 0.520. The van der Waals surface area contributed by atoms with Gasteiger partial charge in [0, 0.05) is 5.66 Å². The van der Waals surface area contributed by atoms with Gasteiger partial charge in [-0.25, -0.2) is 0 Å². The molecule has 0 spiro atoms. The minimum absolute atomic E-state index is 0.164. The van der Waals surface area contributed by atoms with Crippen molar-refractivity contribution in [1.82, 2.24) is 0 Å². The summed E-state index contributed by atoms with van der Waals surface area (Å²) in [6.07, 6.45) is 0. The molecule has 3 heteroatoms. The third-order valence-electron chi connectivity index (χ3n) is 0.454. The van der Waals surface area contributed by atoms with Gasteiger partial charge in [0.25, 0.3) is 0 Å². The summed E-state index contributed by atoms with van der Waals surface area (Å²) in [6.45, 7) is 3.68. The van der Waals surface area contributed by atoms with E-state index in [9.17, 15) is 4.57 Å². The molecule has 0 rings (SSSR count). The molecule has 1 nitrogen and oxygen atoms in total. The molecule has 0 heterocycles. The molecule has 38 valence electrons. The van der Waals surface area contributed by atoms with E-state index in [-0.39, 0.29) is 5.66 Å². The number of rotatable bonds is 1. The average Bonchev–Trinajstić information content (AvgIpc) is 1.36. The van der Waals surface area contributed by atoms with E-state index in [0.717, 1.165) is 0 Å². The molecule has 0 aliphatic carbocycles. The van der Waals surface area contributed by atoms with Crippen LogP contribution in [0.15, 0.2) is 0 Å². The lowest BCUT2D eigenvalue weighted by molar-refractivity contribution is 0.591. The lowest BCUT2D eigenvalue weighted by Crippen LogP contribution is -1.77. The van der Waals surface area contributed by atoms with Gasteiger partial charge in [0.1, 0.15) is 0 Å². The Morgan fingerprint density at radius 1 is 1.67 bits per heavy atom. The van der Waals surface area contributed by atoms with E-state index < -0.39 is 7.15 Å². The molecule has 0 saturated carbocycles. The van der Waals surface area contributed by atoms with E-state index in [0.29, 0.717) is 0 Å². The van der Waals surface area contributed by atoms with Crippen LogP contribution in [-0.4, -0.2) is 5.66 Å². The third kappa shape index (κ3) is 2.74. The van der Waals surface area contributed by atoms with Crippen LogP contribution >= 0.6 is 18.4 Å². The maximum Gasteiger partial charge on any atom is 0.160 e. The Balaban J connectivity index is 3.26. The Morgan fingerprint density at radius 3 is 1.83 bits per heavy atom. The summed E-state index contributed by atoms with van der Waals surface area (Å²) in [5.74, 6) is 0. The van der Waals surface area contributed by atoms with Crippen molar-refractivity contribution in [2.75, 3.05) is 0 Å². The van der Waals surface area contributed by atoms with E-state index in [4.69, 9.17) is 11.2 Å². The van der Waals surface area contributed by atoms with Gasteiger partial charge in [-0.3, -0.25) is 0 Å². The van der Waals surface area contributed by atoms with Gasteiger partial charge in [-0.2, -0.15) is 0 Å². The van der Waals surface area contributed by atoms with Crippen LogP contribution in [0.5, 0.6) is 0 Å². The van der Waals surface area contributed by atoms with Crippen molar-refractivity contribution < 1.29 is 4.57 Å². The SMILES string of the molecule is CC(C)[PH](=O)Cl. The minimum atomic E-state index is -1.73. The molecule has 0 bridgehead atoms. The maximum atomic E-state index is 10.1. The highest BCUT2D eigenvalue weighted by Gasteiger charge is 1.95. The maximum absolute atomic E-state index is 10.1. The minimum Gasteiger partial charge on any atom is -0.310 e. The second kappa shape index (κ2) is 2.65. The van der Waals surface area contributed by atoms with Gasteiger partial charge in [0.15, 0.2) is 7.15 Å². The van der Waals surface area contributed by atoms with Crippen LogP contribution in [0.2, 0.25) is 0 Å². The molecule has 0 aliphatic rings. The number of halogens is 1. The highest BCUT2D eigenvalue weighted by atomic mass is 35.7. The zero-order valence-electron chi connectivity index (χ0n) is 3.86. The molecule has 1 unspecified atom stereocenters. The van der Waals surface area contributed by atoms with E-state index in [2.05, 4.69) is 0 Å². The molecule has 0 saturated heterocycles. The third-order valence-corrected chi connectivity index (χ3v) is 2.67. The fourth-order valence-electron chi connectivity index (χ4n) is 0. The van der Waals surface area contributed by atoms with Crippen molar-refractivity contribution >= 4 is 18.4 Å². The van der Waals surface area contributed by atoms with Gasteiger partial charge in [0.05, 0.1) is 0 Å². The molecule has 1 atom stereocenters. The molecular formula is C3H8ClOP. The Kier molecular flexibility index (Phi) is 2.88. The van der Waals surface area contributed by atoms with Crippen LogP contribution in [0.4, 0.5) is 0 Å². The average molecular weight is 127 g/mol. The first kappa shape index (κ1) is 6.52. The molecule has 0 aromatic rings. The van der Waals surface area contributed by atoms with Crippen LogP contribution in [-0.2, 0) is 4.57 Å². The van der Waals surface area contributed by atoms with Crippen molar-refractivity contribution in [3.8, 4) is 0 Å². The van der Waals surface area contributed by atoms with Crippen LogP contribution in [0, 0.1) is 0 Å². The van der Waals surface area contributed by atoms with Gasteiger partial charge < -0.3 is 4.57 Å². The largest absolute Gasteiger partial charge is 0.310 e. The molecule has 0 aromatic heterocycles. The first-order valence-corrected chi connectivity index (χ1v) is 4.33. The smallest absolute Gasteiger partial charge is 0.160 e. The first-order chi connectivity index (χ1) is 2.64. The molecule has 0 aromatic carbocycles. The van der Waals surface area contributed by atoms with Gasteiger partial charge >= 0.3 is 0 Å². The van der Waals surface area contributed by atoms with Crippen LogP contribution in [0.1, 0.15) is 13.8 Å². The van der Waals surface area contributed by atoms with Crippen LogP contribution < -0.4 is 0 Å². The van der Waals surface area contributed by atoms with E-state index in [1.807, 2.05) is 13.8 Å². The Bertz CT molecular complexity index is 61.8. The number of hydrogen-bond acceptors (Lipinski definition) is 1. The standard InChI is InChI=1S/C3H8ClOP/c1-3(2)6(4)5/h3,6H,1-2H3. The van der Waals surface area contributed by atoms with E-state index >= 15 is 0 Å². The molecule has 0 amide bonds.